The van der Waals surface area contributed by atoms with Gasteiger partial charge in [-0.15, -0.1) is 22.7 Å². The average Bonchev–Trinajstić information content (AvgIpc) is 3.16. The van der Waals surface area contributed by atoms with Crippen LogP contribution in [0, 0.1) is 6.92 Å². The number of rotatable bonds is 4. The fourth-order valence-electron chi connectivity index (χ4n) is 2.06. The molecule has 0 aliphatic rings. The van der Waals surface area contributed by atoms with Crippen LogP contribution in [0.25, 0.3) is 9.88 Å². The Kier molecular flexibility index (Phi) is 4.36. The van der Waals surface area contributed by atoms with Gasteiger partial charge in [-0.2, -0.15) is 0 Å². The first-order chi connectivity index (χ1) is 10.7. The molecule has 2 heterocycles. The summed E-state index contributed by atoms with van der Waals surface area (Å²) in [7, 11) is 0. The van der Waals surface area contributed by atoms with Crippen molar-refractivity contribution in [1.29, 1.82) is 0 Å². The maximum Gasteiger partial charge on any atom is 0.275 e. The van der Waals surface area contributed by atoms with Crippen LogP contribution >= 0.6 is 22.7 Å². The lowest BCUT2D eigenvalue weighted by Crippen LogP contribution is -2.12. The van der Waals surface area contributed by atoms with E-state index in [9.17, 15) is 4.79 Å². The molecule has 0 saturated heterocycles. The summed E-state index contributed by atoms with van der Waals surface area (Å²) in [5.74, 6) is -0.167. The summed E-state index contributed by atoms with van der Waals surface area (Å²) < 4.78 is 0. The number of hydrogen-bond acceptors (Lipinski definition) is 4. The monoisotopic (exact) mass is 328 g/mol. The maximum atomic E-state index is 12.3. The highest BCUT2D eigenvalue weighted by molar-refractivity contribution is 7.21. The normalized spacial score (nSPS) is 10.6. The summed E-state index contributed by atoms with van der Waals surface area (Å²) in [6.45, 7) is 4.17. The zero-order valence-electron chi connectivity index (χ0n) is 12.4. The van der Waals surface area contributed by atoms with Crippen molar-refractivity contribution < 1.29 is 4.79 Å². The Hall–Kier alpha value is -1.98. The average molecular weight is 328 g/mol. The molecule has 3 aromatic rings. The predicted octanol–water partition coefficient (Wildman–Crippen LogP) is 4.99. The van der Waals surface area contributed by atoms with Crippen LogP contribution in [0.4, 0.5) is 5.69 Å². The molecular weight excluding hydrogens is 312 g/mol. The third kappa shape index (κ3) is 3.26. The van der Waals surface area contributed by atoms with Crippen LogP contribution in [0.1, 0.15) is 27.9 Å². The van der Waals surface area contributed by atoms with Gasteiger partial charge in [0.05, 0.1) is 4.88 Å². The van der Waals surface area contributed by atoms with Gasteiger partial charge in [0.1, 0.15) is 10.7 Å². The molecule has 1 aromatic carbocycles. The summed E-state index contributed by atoms with van der Waals surface area (Å²) in [5.41, 5.74) is 2.51. The SMILES string of the molecule is CCc1ccc(NC(=O)c2csc(-c3ccc(C)s3)n2)cc1. The van der Waals surface area contributed by atoms with Gasteiger partial charge >= 0.3 is 0 Å². The molecule has 3 rings (SSSR count). The lowest BCUT2D eigenvalue weighted by molar-refractivity contribution is 0.102. The molecule has 0 unspecified atom stereocenters. The quantitative estimate of drug-likeness (QED) is 0.732. The van der Waals surface area contributed by atoms with E-state index in [2.05, 4.69) is 30.2 Å². The Balaban J connectivity index is 1.73. The van der Waals surface area contributed by atoms with E-state index in [1.807, 2.05) is 30.3 Å². The van der Waals surface area contributed by atoms with Crippen molar-refractivity contribution in [2.45, 2.75) is 20.3 Å². The molecule has 0 fully saturated rings. The summed E-state index contributed by atoms with van der Waals surface area (Å²) in [6.07, 6.45) is 0.990. The molecule has 22 heavy (non-hydrogen) atoms. The molecule has 2 aromatic heterocycles. The van der Waals surface area contributed by atoms with Crippen LogP contribution in [-0.4, -0.2) is 10.9 Å². The zero-order valence-corrected chi connectivity index (χ0v) is 14.1. The van der Waals surface area contributed by atoms with Gasteiger partial charge in [0.25, 0.3) is 5.91 Å². The van der Waals surface area contributed by atoms with Gasteiger partial charge in [-0.1, -0.05) is 19.1 Å². The van der Waals surface area contributed by atoms with Crippen LogP contribution < -0.4 is 5.32 Å². The van der Waals surface area contributed by atoms with E-state index in [0.29, 0.717) is 5.69 Å². The van der Waals surface area contributed by atoms with E-state index in [-0.39, 0.29) is 5.91 Å². The van der Waals surface area contributed by atoms with Crippen LogP contribution in [0.3, 0.4) is 0 Å². The minimum absolute atomic E-state index is 0.167. The van der Waals surface area contributed by atoms with E-state index in [1.54, 1.807) is 16.7 Å². The number of aryl methyl sites for hydroxylation is 2. The van der Waals surface area contributed by atoms with Crippen molar-refractivity contribution in [3.05, 3.63) is 57.9 Å². The highest BCUT2D eigenvalue weighted by Gasteiger charge is 2.13. The molecule has 5 heteroatoms. The molecule has 0 saturated carbocycles. The van der Waals surface area contributed by atoms with Gasteiger partial charge in [-0.3, -0.25) is 4.79 Å². The maximum absolute atomic E-state index is 12.3. The predicted molar refractivity (Wildman–Crippen MR) is 93.9 cm³/mol. The number of amides is 1. The van der Waals surface area contributed by atoms with Crippen LogP contribution in [0.15, 0.2) is 41.8 Å². The van der Waals surface area contributed by atoms with Gasteiger partial charge < -0.3 is 5.32 Å². The molecular formula is C17H16N2OS2. The van der Waals surface area contributed by atoms with E-state index in [0.717, 1.165) is 22.0 Å². The lowest BCUT2D eigenvalue weighted by atomic mass is 10.1. The number of carbonyl (C=O) groups excluding carboxylic acids is 1. The van der Waals surface area contributed by atoms with Crippen molar-refractivity contribution in [1.82, 2.24) is 4.98 Å². The molecule has 0 atom stereocenters. The molecule has 0 bridgehead atoms. The van der Waals surface area contributed by atoms with Crippen molar-refractivity contribution in [2.75, 3.05) is 5.32 Å². The number of hydrogen-bond donors (Lipinski definition) is 1. The number of anilines is 1. The molecule has 1 amide bonds. The third-order valence-corrected chi connectivity index (χ3v) is 5.32. The largest absolute Gasteiger partial charge is 0.321 e. The fraction of sp³-hybridized carbons (Fsp3) is 0.176. The highest BCUT2D eigenvalue weighted by atomic mass is 32.1. The fourth-order valence-corrected chi connectivity index (χ4v) is 3.80. The number of aromatic nitrogens is 1. The van der Waals surface area contributed by atoms with Gasteiger partial charge in [0, 0.05) is 15.9 Å². The third-order valence-electron chi connectivity index (χ3n) is 3.31. The molecule has 0 aliphatic carbocycles. The number of nitrogens with one attached hydrogen (secondary N) is 1. The van der Waals surface area contributed by atoms with Gasteiger partial charge in [0.15, 0.2) is 0 Å². The highest BCUT2D eigenvalue weighted by Crippen LogP contribution is 2.30. The molecule has 112 valence electrons. The summed E-state index contributed by atoms with van der Waals surface area (Å²) >= 11 is 3.19. The molecule has 3 nitrogen and oxygen atoms in total. The van der Waals surface area contributed by atoms with E-state index < -0.39 is 0 Å². The van der Waals surface area contributed by atoms with Crippen molar-refractivity contribution in [3.8, 4) is 9.88 Å². The van der Waals surface area contributed by atoms with Gasteiger partial charge in [-0.25, -0.2) is 4.98 Å². The second-order valence-electron chi connectivity index (χ2n) is 4.95. The van der Waals surface area contributed by atoms with E-state index >= 15 is 0 Å². The first-order valence-corrected chi connectivity index (χ1v) is 8.78. The second kappa shape index (κ2) is 6.42. The molecule has 0 spiro atoms. The van der Waals surface area contributed by atoms with Crippen LogP contribution in [0.5, 0.6) is 0 Å². The first-order valence-electron chi connectivity index (χ1n) is 7.08. The van der Waals surface area contributed by atoms with E-state index in [1.165, 1.54) is 21.8 Å². The van der Waals surface area contributed by atoms with Crippen LogP contribution in [-0.2, 0) is 6.42 Å². The minimum atomic E-state index is -0.167. The van der Waals surface area contributed by atoms with E-state index in [4.69, 9.17) is 0 Å². The Bertz CT molecular complexity index is 787. The summed E-state index contributed by atoms with van der Waals surface area (Å²) in [5, 5.41) is 5.59. The molecule has 1 N–H and O–H groups in total. The molecule has 0 aliphatic heterocycles. The summed E-state index contributed by atoms with van der Waals surface area (Å²) in [4.78, 5) is 19.0. The topological polar surface area (TPSA) is 42.0 Å². The van der Waals surface area contributed by atoms with Gasteiger partial charge in [0.2, 0.25) is 0 Å². The zero-order chi connectivity index (χ0) is 15.5. The van der Waals surface area contributed by atoms with Crippen molar-refractivity contribution in [3.63, 3.8) is 0 Å². The number of thiophene rings is 1. The Morgan fingerprint density at radius 2 is 1.95 bits per heavy atom. The number of carbonyl (C=O) groups is 1. The standard InChI is InChI=1S/C17H16N2OS2/c1-3-12-5-7-13(8-6-12)18-16(20)14-10-21-17(19-14)15-9-4-11(2)22-15/h4-10H,3H2,1-2H3,(H,18,20). The smallest absolute Gasteiger partial charge is 0.275 e. The molecule has 0 radical (unpaired) electrons. The van der Waals surface area contributed by atoms with Crippen LogP contribution in [0.2, 0.25) is 0 Å². The number of thiazole rings is 1. The minimum Gasteiger partial charge on any atom is -0.321 e. The number of benzene rings is 1. The van der Waals surface area contributed by atoms with Gasteiger partial charge in [-0.05, 0) is 43.2 Å². The van der Waals surface area contributed by atoms with Crippen molar-refractivity contribution >= 4 is 34.3 Å². The Morgan fingerprint density at radius 1 is 1.18 bits per heavy atom. The number of nitrogens with zero attached hydrogens (tertiary/aromatic N) is 1. The Labute approximate surface area is 137 Å². The lowest BCUT2D eigenvalue weighted by Gasteiger charge is -2.04. The Morgan fingerprint density at radius 3 is 2.59 bits per heavy atom. The first kappa shape index (κ1) is 14.9. The summed E-state index contributed by atoms with van der Waals surface area (Å²) in [6, 6.07) is 12.0. The van der Waals surface area contributed by atoms with Crippen molar-refractivity contribution in [2.24, 2.45) is 0 Å². The second-order valence-corrected chi connectivity index (χ2v) is 7.10.